The number of anilines is 1. The van der Waals surface area contributed by atoms with Crippen molar-refractivity contribution in [3.8, 4) is 0 Å². The molecule has 1 saturated carbocycles. The summed E-state index contributed by atoms with van der Waals surface area (Å²) >= 11 is 0. The first-order valence-corrected chi connectivity index (χ1v) is 7.88. The van der Waals surface area contributed by atoms with Crippen LogP contribution in [0.4, 0.5) is 5.82 Å². The van der Waals surface area contributed by atoms with Crippen LogP contribution in [0.5, 0.6) is 0 Å². The molecule has 1 aliphatic heterocycles. The number of amides is 1. The van der Waals surface area contributed by atoms with Crippen LogP contribution in [0.15, 0.2) is 18.6 Å². The summed E-state index contributed by atoms with van der Waals surface area (Å²) in [5.74, 6) is 1.16. The summed E-state index contributed by atoms with van der Waals surface area (Å²) < 4.78 is 0. The molecular formula is C16H21N5O. The summed E-state index contributed by atoms with van der Waals surface area (Å²) in [6, 6.07) is 2.23. The Balaban J connectivity index is 1.73. The molecule has 1 atom stereocenters. The average Bonchev–Trinajstić information content (AvgIpc) is 3.11. The lowest BCUT2D eigenvalue weighted by molar-refractivity contribution is -0.131. The fraction of sp³-hybridized carbons (Fsp3) is 0.562. The van der Waals surface area contributed by atoms with Crippen molar-refractivity contribution >= 4 is 22.8 Å². The minimum absolute atomic E-state index is 0.176. The van der Waals surface area contributed by atoms with Gasteiger partial charge in [0, 0.05) is 44.2 Å². The lowest BCUT2D eigenvalue weighted by atomic mass is 10.1. The van der Waals surface area contributed by atoms with Crippen molar-refractivity contribution in [2.75, 3.05) is 24.5 Å². The highest BCUT2D eigenvalue weighted by atomic mass is 16.2. The Labute approximate surface area is 129 Å². The molecule has 1 saturated heterocycles. The predicted molar refractivity (Wildman–Crippen MR) is 84.6 cm³/mol. The lowest BCUT2D eigenvalue weighted by Crippen LogP contribution is -2.42. The van der Waals surface area contributed by atoms with Gasteiger partial charge < -0.3 is 14.8 Å². The van der Waals surface area contributed by atoms with E-state index in [9.17, 15) is 4.79 Å². The summed E-state index contributed by atoms with van der Waals surface area (Å²) in [4.78, 5) is 28.3. The van der Waals surface area contributed by atoms with Crippen molar-refractivity contribution in [1.82, 2.24) is 19.9 Å². The van der Waals surface area contributed by atoms with Crippen molar-refractivity contribution in [2.45, 2.75) is 32.7 Å². The van der Waals surface area contributed by atoms with Gasteiger partial charge in [-0.05, 0) is 25.8 Å². The smallest absolute Gasteiger partial charge is 0.219 e. The molecule has 1 amide bonds. The van der Waals surface area contributed by atoms with E-state index in [0.717, 1.165) is 36.5 Å². The van der Waals surface area contributed by atoms with E-state index in [2.05, 4.69) is 26.8 Å². The minimum Gasteiger partial charge on any atom is -0.353 e. The number of carbonyl (C=O) groups is 1. The molecule has 1 unspecified atom stereocenters. The zero-order valence-electron chi connectivity index (χ0n) is 13.0. The summed E-state index contributed by atoms with van der Waals surface area (Å²) in [5, 5.41) is 1.06. The molecule has 22 heavy (non-hydrogen) atoms. The van der Waals surface area contributed by atoms with E-state index >= 15 is 0 Å². The van der Waals surface area contributed by atoms with Crippen LogP contribution in [0, 0.1) is 5.41 Å². The second kappa shape index (κ2) is 4.69. The van der Waals surface area contributed by atoms with E-state index in [1.165, 1.54) is 12.8 Å². The first-order valence-electron chi connectivity index (χ1n) is 7.88. The third-order valence-corrected chi connectivity index (χ3v) is 5.04. The molecule has 1 aliphatic carbocycles. The van der Waals surface area contributed by atoms with Crippen LogP contribution >= 0.6 is 0 Å². The molecule has 3 heterocycles. The van der Waals surface area contributed by atoms with Crippen LogP contribution in [-0.2, 0) is 4.79 Å². The minimum atomic E-state index is 0.176. The molecule has 116 valence electrons. The monoisotopic (exact) mass is 299 g/mol. The second-order valence-corrected chi connectivity index (χ2v) is 6.81. The molecule has 1 N–H and O–H groups in total. The van der Waals surface area contributed by atoms with Gasteiger partial charge in [0.2, 0.25) is 5.91 Å². The van der Waals surface area contributed by atoms with Crippen LogP contribution in [-0.4, -0.2) is 51.4 Å². The van der Waals surface area contributed by atoms with Crippen molar-refractivity contribution in [2.24, 2.45) is 5.41 Å². The van der Waals surface area contributed by atoms with Gasteiger partial charge in [-0.2, -0.15) is 0 Å². The van der Waals surface area contributed by atoms with E-state index in [0.29, 0.717) is 0 Å². The second-order valence-electron chi connectivity index (χ2n) is 6.81. The van der Waals surface area contributed by atoms with Crippen LogP contribution in [0.1, 0.15) is 26.7 Å². The molecule has 6 heteroatoms. The highest BCUT2D eigenvalue weighted by Gasteiger charge is 2.48. The van der Waals surface area contributed by atoms with Gasteiger partial charge in [-0.1, -0.05) is 0 Å². The number of fused-ring (bicyclic) bond motifs is 1. The third-order valence-electron chi connectivity index (χ3n) is 5.04. The maximum Gasteiger partial charge on any atom is 0.219 e. The van der Waals surface area contributed by atoms with E-state index in [1.807, 2.05) is 17.2 Å². The van der Waals surface area contributed by atoms with E-state index in [-0.39, 0.29) is 17.4 Å². The molecule has 2 aromatic heterocycles. The zero-order chi connectivity index (χ0) is 15.3. The Kier molecular flexibility index (Phi) is 2.89. The first-order chi connectivity index (χ1) is 10.6. The van der Waals surface area contributed by atoms with E-state index in [4.69, 9.17) is 0 Å². The topological polar surface area (TPSA) is 65.1 Å². The lowest BCUT2D eigenvalue weighted by Gasteiger charge is -2.28. The van der Waals surface area contributed by atoms with Crippen LogP contribution in [0.2, 0.25) is 0 Å². The molecule has 0 aromatic carbocycles. The van der Waals surface area contributed by atoms with Gasteiger partial charge in [0.05, 0.1) is 5.39 Å². The number of carbonyl (C=O) groups excluding carboxylic acids is 1. The van der Waals surface area contributed by atoms with Gasteiger partial charge in [-0.25, -0.2) is 9.97 Å². The SMILES string of the molecule is CC(=O)N1CC2(CC2)CN(c2ncnc3[nH]ccc23)CC1C. The third kappa shape index (κ3) is 2.14. The largest absolute Gasteiger partial charge is 0.353 e. The number of hydrogen-bond donors (Lipinski definition) is 1. The number of aromatic nitrogens is 3. The molecule has 6 nitrogen and oxygen atoms in total. The van der Waals surface area contributed by atoms with Gasteiger partial charge in [-0.15, -0.1) is 0 Å². The fourth-order valence-corrected chi connectivity index (χ4v) is 3.64. The number of aromatic amines is 1. The Morgan fingerprint density at radius 1 is 1.36 bits per heavy atom. The van der Waals surface area contributed by atoms with Crippen molar-refractivity contribution in [1.29, 1.82) is 0 Å². The molecule has 2 aliphatic rings. The van der Waals surface area contributed by atoms with E-state index < -0.39 is 0 Å². The number of rotatable bonds is 1. The fourth-order valence-electron chi connectivity index (χ4n) is 3.64. The first kappa shape index (κ1) is 13.5. The van der Waals surface area contributed by atoms with Gasteiger partial charge in [0.1, 0.15) is 17.8 Å². The number of H-pyrrole nitrogens is 1. The van der Waals surface area contributed by atoms with Crippen molar-refractivity contribution in [3.05, 3.63) is 18.6 Å². The number of nitrogens with one attached hydrogen (secondary N) is 1. The maximum atomic E-state index is 12.0. The van der Waals surface area contributed by atoms with Gasteiger partial charge in [-0.3, -0.25) is 4.79 Å². The van der Waals surface area contributed by atoms with Crippen molar-refractivity contribution < 1.29 is 4.79 Å². The van der Waals surface area contributed by atoms with E-state index in [1.54, 1.807) is 13.3 Å². The summed E-state index contributed by atoms with van der Waals surface area (Å²) in [7, 11) is 0. The van der Waals surface area contributed by atoms with Crippen molar-refractivity contribution in [3.63, 3.8) is 0 Å². The summed E-state index contributed by atoms with van der Waals surface area (Å²) in [5.41, 5.74) is 1.12. The highest BCUT2D eigenvalue weighted by Crippen LogP contribution is 2.49. The quantitative estimate of drug-likeness (QED) is 0.872. The Morgan fingerprint density at radius 2 is 2.18 bits per heavy atom. The average molecular weight is 299 g/mol. The molecule has 4 rings (SSSR count). The van der Waals surface area contributed by atoms with Crippen LogP contribution in [0.25, 0.3) is 11.0 Å². The molecule has 2 fully saturated rings. The molecule has 0 bridgehead atoms. The van der Waals surface area contributed by atoms with Gasteiger partial charge in [0.15, 0.2) is 0 Å². The number of hydrogen-bond acceptors (Lipinski definition) is 4. The maximum absolute atomic E-state index is 12.0. The highest BCUT2D eigenvalue weighted by molar-refractivity contribution is 5.87. The standard InChI is InChI=1S/C16H21N5O/c1-11-7-20(8-16(4-5-16)9-21(11)12(2)22)15-13-3-6-17-14(13)18-10-19-15/h3,6,10-11H,4-5,7-9H2,1-2H3,(H,17,18,19). The van der Waals surface area contributed by atoms with Crippen LogP contribution < -0.4 is 4.90 Å². The zero-order valence-corrected chi connectivity index (χ0v) is 13.0. The predicted octanol–water partition coefficient (Wildman–Crippen LogP) is 1.80. The summed E-state index contributed by atoms with van der Waals surface area (Å²) in [6.07, 6.45) is 5.91. The Bertz CT molecular complexity index is 720. The number of nitrogens with zero attached hydrogens (tertiary/aromatic N) is 4. The van der Waals surface area contributed by atoms with Gasteiger partial charge in [0.25, 0.3) is 0 Å². The summed E-state index contributed by atoms with van der Waals surface area (Å²) in [6.45, 7) is 6.47. The molecule has 0 radical (unpaired) electrons. The molecule has 1 spiro atoms. The Morgan fingerprint density at radius 3 is 2.91 bits per heavy atom. The van der Waals surface area contributed by atoms with Gasteiger partial charge >= 0.3 is 0 Å². The Hall–Kier alpha value is -2.11. The normalized spacial score (nSPS) is 23.8. The van der Waals surface area contributed by atoms with Crippen LogP contribution in [0.3, 0.4) is 0 Å². The molecule has 2 aromatic rings. The molecular weight excluding hydrogens is 278 g/mol.